The second kappa shape index (κ2) is 7.42. The van der Waals surface area contributed by atoms with E-state index in [1.165, 1.54) is 6.20 Å². The Morgan fingerprint density at radius 2 is 2.15 bits per heavy atom. The molecule has 0 radical (unpaired) electrons. The first-order valence-electron chi connectivity index (χ1n) is 9.18. The van der Waals surface area contributed by atoms with E-state index in [1.807, 2.05) is 39.0 Å². The molecule has 2 amide bonds. The van der Waals surface area contributed by atoms with Crippen LogP contribution in [-0.4, -0.2) is 60.1 Å². The minimum atomic E-state index is -0.312. The summed E-state index contributed by atoms with van der Waals surface area (Å²) in [7, 11) is 1.64. The van der Waals surface area contributed by atoms with Gasteiger partial charge in [0.25, 0.3) is 0 Å². The zero-order valence-corrected chi connectivity index (χ0v) is 15.3. The molecule has 7 heteroatoms. The highest BCUT2D eigenvalue weighted by Crippen LogP contribution is 2.27. The number of rotatable bonds is 4. The van der Waals surface area contributed by atoms with Gasteiger partial charge >= 0.3 is 6.03 Å². The van der Waals surface area contributed by atoms with Gasteiger partial charge in [0.1, 0.15) is 5.75 Å². The van der Waals surface area contributed by atoms with Crippen molar-refractivity contribution in [3.8, 4) is 5.75 Å². The van der Waals surface area contributed by atoms with E-state index >= 15 is 0 Å². The summed E-state index contributed by atoms with van der Waals surface area (Å²) in [6.07, 6.45) is 3.72. The van der Waals surface area contributed by atoms with Crippen LogP contribution in [0.15, 0.2) is 42.7 Å². The Balaban J connectivity index is 1.43. The summed E-state index contributed by atoms with van der Waals surface area (Å²) in [6.45, 7) is 3.14. The van der Waals surface area contributed by atoms with Crippen LogP contribution in [0.1, 0.15) is 12.0 Å². The number of anilines is 1. The van der Waals surface area contributed by atoms with Gasteiger partial charge in [-0.25, -0.2) is 9.18 Å². The first kappa shape index (κ1) is 17.6. The van der Waals surface area contributed by atoms with Gasteiger partial charge in [0.05, 0.1) is 25.0 Å². The Morgan fingerprint density at radius 3 is 2.96 bits per heavy atom. The smallest absolute Gasteiger partial charge is 0.320 e. The molecule has 1 aromatic carbocycles. The van der Waals surface area contributed by atoms with Crippen molar-refractivity contribution in [2.45, 2.75) is 19.0 Å². The summed E-state index contributed by atoms with van der Waals surface area (Å²) in [5.74, 6) is 0.482. The lowest BCUT2D eigenvalue weighted by molar-refractivity contribution is 0.0889. The predicted molar refractivity (Wildman–Crippen MR) is 100 cm³/mol. The number of piperazine rings is 1. The molecule has 1 aromatic heterocycles. The van der Waals surface area contributed by atoms with E-state index in [0.717, 1.165) is 17.7 Å². The van der Waals surface area contributed by atoms with Crippen molar-refractivity contribution >= 4 is 11.7 Å². The molecule has 2 fully saturated rings. The number of halogens is 1. The van der Waals surface area contributed by atoms with Gasteiger partial charge in [0.15, 0.2) is 5.82 Å². The number of hydrogen-bond acceptors (Lipinski definition) is 4. The lowest BCUT2D eigenvalue weighted by atomic mass is 10.0. The van der Waals surface area contributed by atoms with Gasteiger partial charge in [-0.3, -0.25) is 4.98 Å². The van der Waals surface area contributed by atoms with E-state index < -0.39 is 0 Å². The standard InChI is InChI=1S/C20H23FN4O2/c1-27-17-4-2-3-15(11-17)13-24-8-6-16-14-23(9-10-25(16)20(24)26)19-5-7-22-12-18(19)21/h2-5,7,11-12,16H,6,8-10,13-14H2,1H3/t16-/m1/s1. The lowest BCUT2D eigenvalue weighted by Gasteiger charge is -2.47. The fraction of sp³-hybridized carbons (Fsp3) is 0.400. The average Bonchev–Trinajstić information content (AvgIpc) is 2.70. The molecule has 27 heavy (non-hydrogen) atoms. The zero-order chi connectivity index (χ0) is 18.8. The van der Waals surface area contributed by atoms with E-state index in [-0.39, 0.29) is 17.9 Å². The SMILES string of the molecule is COc1cccc(CN2CC[C@@H]3CN(c4ccncc4F)CCN3C2=O)c1. The normalized spacial score (nSPS) is 19.9. The number of methoxy groups -OCH3 is 1. The number of urea groups is 1. The van der Waals surface area contributed by atoms with Gasteiger partial charge in [-0.2, -0.15) is 0 Å². The Labute approximate surface area is 158 Å². The number of aromatic nitrogens is 1. The Bertz CT molecular complexity index is 831. The molecular weight excluding hydrogens is 347 g/mol. The third-order valence-electron chi connectivity index (χ3n) is 5.33. The highest BCUT2D eigenvalue weighted by Gasteiger charge is 2.37. The molecule has 0 spiro atoms. The predicted octanol–water partition coefficient (Wildman–Crippen LogP) is 2.75. The summed E-state index contributed by atoms with van der Waals surface area (Å²) >= 11 is 0. The number of carbonyl (C=O) groups excluding carboxylic acids is 1. The van der Waals surface area contributed by atoms with Crippen LogP contribution >= 0.6 is 0 Å². The van der Waals surface area contributed by atoms with Crippen LogP contribution < -0.4 is 9.64 Å². The van der Waals surface area contributed by atoms with Crippen LogP contribution in [0.25, 0.3) is 0 Å². The van der Waals surface area contributed by atoms with Crippen molar-refractivity contribution in [2.24, 2.45) is 0 Å². The molecule has 142 valence electrons. The Kier molecular flexibility index (Phi) is 4.83. The van der Waals surface area contributed by atoms with Gasteiger partial charge < -0.3 is 19.4 Å². The van der Waals surface area contributed by atoms with Crippen LogP contribution in [-0.2, 0) is 6.54 Å². The van der Waals surface area contributed by atoms with Crippen LogP contribution in [0.3, 0.4) is 0 Å². The number of amides is 2. The molecule has 4 rings (SSSR count). The van der Waals surface area contributed by atoms with E-state index in [9.17, 15) is 9.18 Å². The van der Waals surface area contributed by atoms with Crippen molar-refractivity contribution in [3.05, 3.63) is 54.1 Å². The third kappa shape index (κ3) is 3.54. The van der Waals surface area contributed by atoms with Crippen molar-refractivity contribution in [3.63, 3.8) is 0 Å². The van der Waals surface area contributed by atoms with Crippen LogP contribution in [0, 0.1) is 5.82 Å². The average molecular weight is 370 g/mol. The molecule has 0 N–H and O–H groups in total. The quantitative estimate of drug-likeness (QED) is 0.830. The molecule has 2 saturated heterocycles. The Morgan fingerprint density at radius 1 is 1.26 bits per heavy atom. The molecule has 0 saturated carbocycles. The summed E-state index contributed by atoms with van der Waals surface area (Å²) in [4.78, 5) is 22.6. The zero-order valence-electron chi connectivity index (χ0n) is 15.3. The second-order valence-electron chi connectivity index (χ2n) is 6.96. The van der Waals surface area contributed by atoms with Crippen LogP contribution in [0.2, 0.25) is 0 Å². The number of pyridine rings is 1. The van der Waals surface area contributed by atoms with Crippen molar-refractivity contribution in [2.75, 3.05) is 38.2 Å². The molecule has 6 nitrogen and oxygen atoms in total. The fourth-order valence-electron chi connectivity index (χ4n) is 3.92. The van der Waals surface area contributed by atoms with Gasteiger partial charge in [0.2, 0.25) is 0 Å². The van der Waals surface area contributed by atoms with Crippen molar-refractivity contribution in [1.29, 1.82) is 0 Å². The number of carbonyl (C=O) groups is 1. The minimum absolute atomic E-state index is 0.0592. The third-order valence-corrected chi connectivity index (χ3v) is 5.33. The first-order valence-corrected chi connectivity index (χ1v) is 9.18. The Hall–Kier alpha value is -2.83. The number of benzene rings is 1. The van der Waals surface area contributed by atoms with Crippen LogP contribution in [0.4, 0.5) is 14.9 Å². The molecule has 0 bridgehead atoms. The van der Waals surface area contributed by atoms with E-state index in [1.54, 1.807) is 19.4 Å². The van der Waals surface area contributed by atoms with E-state index in [0.29, 0.717) is 38.4 Å². The summed E-state index contributed by atoms with van der Waals surface area (Å²) in [6, 6.07) is 9.67. The highest BCUT2D eigenvalue weighted by atomic mass is 19.1. The molecule has 1 atom stereocenters. The van der Waals surface area contributed by atoms with Crippen LogP contribution in [0.5, 0.6) is 5.75 Å². The molecule has 2 aliphatic heterocycles. The van der Waals surface area contributed by atoms with Gasteiger partial charge in [-0.1, -0.05) is 12.1 Å². The molecule has 0 aliphatic carbocycles. The maximum absolute atomic E-state index is 14.0. The molecule has 2 aromatic rings. The molecule has 3 heterocycles. The molecule has 2 aliphatic rings. The molecule has 0 unspecified atom stereocenters. The maximum atomic E-state index is 14.0. The number of hydrogen-bond donors (Lipinski definition) is 0. The van der Waals surface area contributed by atoms with E-state index in [2.05, 4.69) is 4.98 Å². The monoisotopic (exact) mass is 370 g/mol. The molecular formula is C20H23FN4O2. The number of ether oxygens (including phenoxy) is 1. The lowest BCUT2D eigenvalue weighted by Crippen LogP contribution is -2.62. The van der Waals surface area contributed by atoms with Crippen molar-refractivity contribution < 1.29 is 13.9 Å². The van der Waals surface area contributed by atoms with Gasteiger partial charge in [0, 0.05) is 38.9 Å². The highest BCUT2D eigenvalue weighted by molar-refractivity contribution is 5.76. The van der Waals surface area contributed by atoms with Gasteiger partial charge in [-0.15, -0.1) is 0 Å². The number of nitrogens with zero attached hydrogens (tertiary/aromatic N) is 4. The first-order chi connectivity index (χ1) is 13.2. The summed E-state index contributed by atoms with van der Waals surface area (Å²) in [5.41, 5.74) is 1.62. The largest absolute Gasteiger partial charge is 0.497 e. The van der Waals surface area contributed by atoms with Gasteiger partial charge in [-0.05, 0) is 30.2 Å². The minimum Gasteiger partial charge on any atom is -0.497 e. The topological polar surface area (TPSA) is 48.9 Å². The fourth-order valence-corrected chi connectivity index (χ4v) is 3.92. The summed E-state index contributed by atoms with van der Waals surface area (Å²) in [5, 5.41) is 0. The van der Waals surface area contributed by atoms with E-state index in [4.69, 9.17) is 4.74 Å². The number of fused-ring (bicyclic) bond motifs is 1. The maximum Gasteiger partial charge on any atom is 0.320 e. The van der Waals surface area contributed by atoms with Crippen molar-refractivity contribution in [1.82, 2.24) is 14.8 Å². The second-order valence-corrected chi connectivity index (χ2v) is 6.96. The summed E-state index contributed by atoms with van der Waals surface area (Å²) < 4.78 is 19.3.